The number of aliphatic hydroxyl groups excluding tert-OH is 1. The largest absolute Gasteiger partial charge is 0.392 e. The SMILES string of the molecule is C#C[C@H]1C[C@@]2(C)[C@@H](CC[C@@]2(O)/C=C\CO)[C@@H]2CCC3=CC(=O)CC[C@@H]3[C@H]21. The second-order valence-electron chi connectivity index (χ2n) is 9.16. The third kappa shape index (κ3) is 2.46. The van der Waals surface area contributed by atoms with Crippen LogP contribution in [-0.2, 0) is 4.79 Å². The molecule has 0 bridgehead atoms. The number of carbonyl (C=O) groups is 1. The number of hydrogen-bond acceptors (Lipinski definition) is 3. The Balaban J connectivity index is 1.71. The Kier molecular flexibility index (Phi) is 4.40. The van der Waals surface area contributed by atoms with Crippen LogP contribution < -0.4 is 0 Å². The van der Waals surface area contributed by atoms with E-state index < -0.39 is 5.60 Å². The van der Waals surface area contributed by atoms with E-state index in [2.05, 4.69) is 12.8 Å². The van der Waals surface area contributed by atoms with Gasteiger partial charge in [-0.15, -0.1) is 12.3 Å². The molecule has 4 aliphatic rings. The second-order valence-corrected chi connectivity index (χ2v) is 9.16. The number of carbonyl (C=O) groups excluding carboxylic acids is 1. The number of hydrogen-bond donors (Lipinski definition) is 2. The minimum absolute atomic E-state index is 0.0437. The zero-order valence-corrected chi connectivity index (χ0v) is 15.7. The Morgan fingerprint density at radius 2 is 2.15 bits per heavy atom. The number of fused-ring (bicyclic) bond motifs is 5. The van der Waals surface area contributed by atoms with Crippen LogP contribution in [-0.4, -0.2) is 28.2 Å². The third-order valence-electron chi connectivity index (χ3n) is 8.23. The number of rotatable bonds is 2. The summed E-state index contributed by atoms with van der Waals surface area (Å²) in [5.74, 6) is 5.41. The van der Waals surface area contributed by atoms with E-state index in [9.17, 15) is 15.0 Å². The summed E-state index contributed by atoms with van der Waals surface area (Å²) < 4.78 is 0. The van der Waals surface area contributed by atoms with Gasteiger partial charge in [0.1, 0.15) is 0 Å². The molecule has 0 aromatic carbocycles. The highest BCUT2D eigenvalue weighted by molar-refractivity contribution is 5.91. The summed E-state index contributed by atoms with van der Waals surface area (Å²) in [4.78, 5) is 11.9. The van der Waals surface area contributed by atoms with Crippen molar-refractivity contribution in [2.75, 3.05) is 6.61 Å². The molecular formula is C23H30O3. The molecule has 3 heteroatoms. The fraction of sp³-hybridized carbons (Fsp3) is 0.696. The molecule has 3 nitrogen and oxygen atoms in total. The van der Waals surface area contributed by atoms with E-state index >= 15 is 0 Å². The molecule has 0 aromatic rings. The fourth-order valence-corrected chi connectivity index (χ4v) is 7.04. The van der Waals surface area contributed by atoms with E-state index in [1.165, 1.54) is 5.57 Å². The van der Waals surface area contributed by atoms with E-state index in [0.717, 1.165) is 38.5 Å². The van der Waals surface area contributed by atoms with Gasteiger partial charge in [-0.1, -0.05) is 24.6 Å². The van der Waals surface area contributed by atoms with E-state index in [1.54, 1.807) is 6.08 Å². The van der Waals surface area contributed by atoms with Gasteiger partial charge in [0.05, 0.1) is 12.2 Å². The molecular weight excluding hydrogens is 324 g/mol. The normalized spacial score (nSPS) is 47.7. The minimum Gasteiger partial charge on any atom is -0.392 e. The predicted molar refractivity (Wildman–Crippen MR) is 101 cm³/mol. The average molecular weight is 354 g/mol. The van der Waals surface area contributed by atoms with Gasteiger partial charge >= 0.3 is 0 Å². The Hall–Kier alpha value is -1.37. The molecule has 0 saturated heterocycles. The molecule has 0 radical (unpaired) electrons. The average Bonchev–Trinajstić information content (AvgIpc) is 2.90. The standard InChI is InChI=1S/C23H30O3/c1-3-15-14-22(2)20(9-11-23(22,26)10-4-12-24)19-7-5-16-13-17(25)6-8-18(16)21(15)19/h1,4,10,13,15,18-21,24,26H,5-9,11-12,14H2,2H3/b10-4-/t15-,18-,19-,20-,21+,22-,23-/m0/s1. The van der Waals surface area contributed by atoms with Crippen LogP contribution in [0.2, 0.25) is 0 Å². The number of allylic oxidation sites excluding steroid dienone is 1. The highest BCUT2D eigenvalue weighted by Gasteiger charge is 2.63. The van der Waals surface area contributed by atoms with Crippen LogP contribution in [0.1, 0.15) is 51.9 Å². The molecule has 0 spiro atoms. The first kappa shape index (κ1) is 18.0. The molecule has 2 N–H and O–H groups in total. The van der Waals surface area contributed by atoms with Crippen molar-refractivity contribution in [2.45, 2.75) is 57.5 Å². The van der Waals surface area contributed by atoms with E-state index in [4.69, 9.17) is 6.42 Å². The van der Waals surface area contributed by atoms with Gasteiger partial charge in [-0.2, -0.15) is 0 Å². The highest BCUT2D eigenvalue weighted by Crippen LogP contribution is 2.66. The molecule has 3 saturated carbocycles. The Labute approximate surface area is 156 Å². The molecule has 0 heterocycles. The zero-order valence-electron chi connectivity index (χ0n) is 15.7. The molecule has 4 rings (SSSR count). The lowest BCUT2D eigenvalue weighted by atomic mass is 9.47. The van der Waals surface area contributed by atoms with Gasteiger partial charge in [-0.05, 0) is 68.3 Å². The molecule has 0 unspecified atom stereocenters. The summed E-state index contributed by atoms with van der Waals surface area (Å²) in [6.45, 7) is 2.17. The first-order chi connectivity index (χ1) is 12.4. The van der Waals surface area contributed by atoms with E-state index in [0.29, 0.717) is 30.1 Å². The summed E-state index contributed by atoms with van der Waals surface area (Å²) in [6, 6.07) is 0. The van der Waals surface area contributed by atoms with Crippen LogP contribution in [0, 0.1) is 47.3 Å². The second kappa shape index (κ2) is 6.36. The number of ketones is 1. The van der Waals surface area contributed by atoms with Crippen molar-refractivity contribution in [3.05, 3.63) is 23.8 Å². The molecule has 7 atom stereocenters. The molecule has 3 fully saturated rings. The molecule has 0 aliphatic heterocycles. The topological polar surface area (TPSA) is 57.5 Å². The van der Waals surface area contributed by atoms with Crippen molar-refractivity contribution in [2.24, 2.45) is 35.0 Å². The molecule has 140 valence electrons. The maximum absolute atomic E-state index is 11.9. The van der Waals surface area contributed by atoms with Crippen LogP contribution >= 0.6 is 0 Å². The quantitative estimate of drug-likeness (QED) is 0.591. The van der Waals surface area contributed by atoms with E-state index in [-0.39, 0.29) is 23.7 Å². The van der Waals surface area contributed by atoms with Crippen molar-refractivity contribution in [3.8, 4) is 12.3 Å². The maximum Gasteiger partial charge on any atom is 0.155 e. The smallest absolute Gasteiger partial charge is 0.155 e. The Bertz CT molecular complexity index is 699. The van der Waals surface area contributed by atoms with Gasteiger partial charge < -0.3 is 10.2 Å². The third-order valence-corrected chi connectivity index (χ3v) is 8.23. The summed E-state index contributed by atoms with van der Waals surface area (Å²) >= 11 is 0. The number of terminal acetylenes is 1. The Morgan fingerprint density at radius 1 is 1.35 bits per heavy atom. The summed E-state index contributed by atoms with van der Waals surface area (Å²) in [5, 5.41) is 20.6. The van der Waals surface area contributed by atoms with Gasteiger partial charge in [0.25, 0.3) is 0 Å². The van der Waals surface area contributed by atoms with Crippen LogP contribution in [0.3, 0.4) is 0 Å². The van der Waals surface area contributed by atoms with Crippen molar-refractivity contribution in [1.82, 2.24) is 0 Å². The lowest BCUT2D eigenvalue weighted by Gasteiger charge is -2.57. The fourth-order valence-electron chi connectivity index (χ4n) is 7.04. The maximum atomic E-state index is 11.9. The van der Waals surface area contributed by atoms with Crippen molar-refractivity contribution < 1.29 is 15.0 Å². The first-order valence-electron chi connectivity index (χ1n) is 10.1. The van der Waals surface area contributed by atoms with Crippen LogP contribution in [0.15, 0.2) is 23.8 Å². The Morgan fingerprint density at radius 3 is 2.88 bits per heavy atom. The summed E-state index contributed by atoms with van der Waals surface area (Å²) in [7, 11) is 0. The van der Waals surface area contributed by atoms with Crippen molar-refractivity contribution in [3.63, 3.8) is 0 Å². The molecule has 0 aromatic heterocycles. The van der Waals surface area contributed by atoms with Crippen molar-refractivity contribution >= 4 is 5.78 Å². The summed E-state index contributed by atoms with van der Waals surface area (Å²) in [6.07, 6.45) is 17.7. The van der Waals surface area contributed by atoms with Gasteiger partial charge in [0.15, 0.2) is 5.78 Å². The lowest BCUT2D eigenvalue weighted by Crippen LogP contribution is -2.55. The van der Waals surface area contributed by atoms with Crippen molar-refractivity contribution in [1.29, 1.82) is 0 Å². The van der Waals surface area contributed by atoms with Crippen LogP contribution in [0.25, 0.3) is 0 Å². The van der Waals surface area contributed by atoms with E-state index in [1.807, 2.05) is 12.2 Å². The molecule has 26 heavy (non-hydrogen) atoms. The zero-order chi connectivity index (χ0) is 18.5. The van der Waals surface area contributed by atoms with Gasteiger partial charge in [0, 0.05) is 17.8 Å². The monoisotopic (exact) mass is 354 g/mol. The minimum atomic E-state index is -0.876. The highest BCUT2D eigenvalue weighted by atomic mass is 16.3. The molecule has 4 aliphatic carbocycles. The first-order valence-corrected chi connectivity index (χ1v) is 10.1. The summed E-state index contributed by atoms with van der Waals surface area (Å²) in [5.41, 5.74) is 0.224. The van der Waals surface area contributed by atoms with Crippen LogP contribution in [0.4, 0.5) is 0 Å². The molecule has 0 amide bonds. The lowest BCUT2D eigenvalue weighted by molar-refractivity contribution is -0.118. The number of aliphatic hydroxyl groups is 2. The van der Waals surface area contributed by atoms with Crippen LogP contribution in [0.5, 0.6) is 0 Å². The van der Waals surface area contributed by atoms with Gasteiger partial charge in [0.2, 0.25) is 0 Å². The van der Waals surface area contributed by atoms with Gasteiger partial charge in [-0.25, -0.2) is 0 Å². The predicted octanol–water partition coefficient (Wildman–Crippen LogP) is 3.27. The van der Waals surface area contributed by atoms with Gasteiger partial charge in [-0.3, -0.25) is 4.79 Å².